The van der Waals surface area contributed by atoms with Crippen molar-refractivity contribution in [2.24, 2.45) is 0 Å². The van der Waals surface area contributed by atoms with Gasteiger partial charge in [0.1, 0.15) is 5.82 Å². The molecule has 0 radical (unpaired) electrons. The van der Waals surface area contributed by atoms with Crippen molar-refractivity contribution in [2.45, 2.75) is 20.0 Å². The summed E-state index contributed by atoms with van der Waals surface area (Å²) in [7, 11) is 0. The van der Waals surface area contributed by atoms with Gasteiger partial charge in [-0.2, -0.15) is 0 Å². The van der Waals surface area contributed by atoms with Gasteiger partial charge in [-0.1, -0.05) is 6.07 Å². The standard InChI is InChI=1S/C14H14FN3O2/c1-10-2-3-11(9-17-10)7-16-8-12-4-13(15)6-14(5-12)18(19)20/h2-6,9,16H,7-8H2,1H3. The molecule has 1 heterocycles. The third-order valence-electron chi connectivity index (χ3n) is 2.78. The summed E-state index contributed by atoms with van der Waals surface area (Å²) in [6.07, 6.45) is 1.76. The van der Waals surface area contributed by atoms with Crippen molar-refractivity contribution in [3.8, 4) is 0 Å². The maximum absolute atomic E-state index is 13.2. The van der Waals surface area contributed by atoms with Crippen molar-refractivity contribution in [1.29, 1.82) is 0 Å². The van der Waals surface area contributed by atoms with Gasteiger partial charge in [0.15, 0.2) is 0 Å². The summed E-state index contributed by atoms with van der Waals surface area (Å²) < 4.78 is 13.2. The highest BCUT2D eigenvalue weighted by Crippen LogP contribution is 2.16. The van der Waals surface area contributed by atoms with Gasteiger partial charge >= 0.3 is 0 Å². The number of nitrogens with one attached hydrogen (secondary N) is 1. The first kappa shape index (κ1) is 14.1. The lowest BCUT2D eigenvalue weighted by molar-refractivity contribution is -0.385. The van der Waals surface area contributed by atoms with E-state index in [-0.39, 0.29) is 5.69 Å². The van der Waals surface area contributed by atoms with E-state index in [0.29, 0.717) is 18.7 Å². The van der Waals surface area contributed by atoms with Crippen LogP contribution in [0.5, 0.6) is 0 Å². The lowest BCUT2D eigenvalue weighted by Crippen LogP contribution is -2.13. The SMILES string of the molecule is Cc1ccc(CNCc2cc(F)cc([N+](=O)[O-])c2)cn1. The Morgan fingerprint density at radius 3 is 2.65 bits per heavy atom. The highest BCUT2D eigenvalue weighted by atomic mass is 19.1. The molecule has 0 aliphatic carbocycles. The van der Waals surface area contributed by atoms with E-state index >= 15 is 0 Å². The smallest absolute Gasteiger partial charge is 0.272 e. The van der Waals surface area contributed by atoms with Crippen LogP contribution in [0.15, 0.2) is 36.5 Å². The van der Waals surface area contributed by atoms with E-state index in [1.165, 1.54) is 12.1 Å². The number of hydrogen-bond acceptors (Lipinski definition) is 4. The lowest BCUT2D eigenvalue weighted by atomic mass is 10.2. The quantitative estimate of drug-likeness (QED) is 0.673. The number of nitro groups is 1. The van der Waals surface area contributed by atoms with Crippen molar-refractivity contribution >= 4 is 5.69 Å². The van der Waals surface area contributed by atoms with Crippen LogP contribution in [0, 0.1) is 22.9 Å². The van der Waals surface area contributed by atoms with Crippen LogP contribution in [0.4, 0.5) is 10.1 Å². The molecule has 5 nitrogen and oxygen atoms in total. The zero-order valence-corrected chi connectivity index (χ0v) is 11.0. The van der Waals surface area contributed by atoms with Gasteiger partial charge in [0, 0.05) is 31.0 Å². The number of aromatic nitrogens is 1. The second-order valence-corrected chi connectivity index (χ2v) is 4.49. The Morgan fingerprint density at radius 1 is 1.25 bits per heavy atom. The number of benzene rings is 1. The summed E-state index contributed by atoms with van der Waals surface area (Å²) in [6, 6.07) is 7.41. The normalized spacial score (nSPS) is 10.5. The Labute approximate surface area is 115 Å². The highest BCUT2D eigenvalue weighted by Gasteiger charge is 2.09. The molecule has 2 rings (SSSR count). The number of nitro benzene ring substituents is 1. The number of non-ortho nitro benzene ring substituents is 1. The zero-order chi connectivity index (χ0) is 14.5. The number of halogens is 1. The second kappa shape index (κ2) is 6.21. The molecule has 0 saturated heterocycles. The third-order valence-corrected chi connectivity index (χ3v) is 2.78. The van der Waals surface area contributed by atoms with E-state index in [2.05, 4.69) is 10.3 Å². The van der Waals surface area contributed by atoms with Gasteiger partial charge in [0.2, 0.25) is 0 Å². The Kier molecular flexibility index (Phi) is 4.37. The highest BCUT2D eigenvalue weighted by molar-refractivity contribution is 5.35. The predicted molar refractivity (Wildman–Crippen MR) is 72.6 cm³/mol. The summed E-state index contributed by atoms with van der Waals surface area (Å²) >= 11 is 0. The van der Waals surface area contributed by atoms with Gasteiger partial charge in [-0.3, -0.25) is 15.1 Å². The van der Waals surface area contributed by atoms with E-state index in [1.54, 1.807) is 6.20 Å². The van der Waals surface area contributed by atoms with Crippen LogP contribution < -0.4 is 5.32 Å². The Hall–Kier alpha value is -2.34. The summed E-state index contributed by atoms with van der Waals surface area (Å²) in [5.74, 6) is -0.604. The first-order valence-electron chi connectivity index (χ1n) is 6.11. The maximum Gasteiger partial charge on any atom is 0.272 e. The van der Waals surface area contributed by atoms with Gasteiger partial charge in [0.25, 0.3) is 5.69 Å². The molecule has 6 heteroatoms. The summed E-state index contributed by atoms with van der Waals surface area (Å²) in [6.45, 7) is 2.83. The first-order chi connectivity index (χ1) is 9.54. The van der Waals surface area contributed by atoms with Crippen molar-refractivity contribution in [3.05, 3.63) is 69.3 Å². The molecular weight excluding hydrogens is 261 g/mol. The van der Waals surface area contributed by atoms with E-state index < -0.39 is 10.7 Å². The molecule has 2 aromatic rings. The van der Waals surface area contributed by atoms with Crippen molar-refractivity contribution < 1.29 is 9.31 Å². The molecular formula is C14H14FN3O2. The van der Waals surface area contributed by atoms with Crippen molar-refractivity contribution in [2.75, 3.05) is 0 Å². The monoisotopic (exact) mass is 275 g/mol. The lowest BCUT2D eigenvalue weighted by Gasteiger charge is -2.05. The fourth-order valence-electron chi connectivity index (χ4n) is 1.79. The topological polar surface area (TPSA) is 68.1 Å². The Morgan fingerprint density at radius 2 is 2.00 bits per heavy atom. The molecule has 0 bridgehead atoms. The summed E-state index contributed by atoms with van der Waals surface area (Å²) in [5, 5.41) is 13.7. The van der Waals surface area contributed by atoms with E-state index in [1.807, 2.05) is 19.1 Å². The van der Waals surface area contributed by atoms with Gasteiger partial charge in [-0.25, -0.2) is 4.39 Å². The molecule has 20 heavy (non-hydrogen) atoms. The number of hydrogen-bond donors (Lipinski definition) is 1. The van der Waals surface area contributed by atoms with Gasteiger partial charge in [-0.05, 0) is 30.2 Å². The van der Waals surface area contributed by atoms with Gasteiger partial charge in [-0.15, -0.1) is 0 Å². The zero-order valence-electron chi connectivity index (χ0n) is 11.0. The number of pyridine rings is 1. The minimum Gasteiger partial charge on any atom is -0.309 e. The molecule has 0 aliphatic heterocycles. The third kappa shape index (κ3) is 3.83. The van der Waals surface area contributed by atoms with Crippen LogP contribution in [0.3, 0.4) is 0 Å². The van der Waals surface area contributed by atoms with Crippen LogP contribution in [0.2, 0.25) is 0 Å². The number of nitrogens with zero attached hydrogens (tertiary/aromatic N) is 2. The number of aryl methyl sites for hydroxylation is 1. The van der Waals surface area contributed by atoms with E-state index in [4.69, 9.17) is 0 Å². The largest absolute Gasteiger partial charge is 0.309 e. The molecule has 0 saturated carbocycles. The summed E-state index contributed by atoms with van der Waals surface area (Å²) in [5.41, 5.74) is 2.24. The fraction of sp³-hybridized carbons (Fsp3) is 0.214. The van der Waals surface area contributed by atoms with Crippen molar-refractivity contribution in [3.63, 3.8) is 0 Å². The van der Waals surface area contributed by atoms with Crippen LogP contribution in [0.1, 0.15) is 16.8 Å². The maximum atomic E-state index is 13.2. The van der Waals surface area contributed by atoms with E-state index in [0.717, 1.165) is 17.3 Å². The predicted octanol–water partition coefficient (Wildman–Crippen LogP) is 2.73. The first-order valence-corrected chi connectivity index (χ1v) is 6.11. The van der Waals surface area contributed by atoms with Crippen LogP contribution in [0.25, 0.3) is 0 Å². The van der Waals surface area contributed by atoms with Crippen LogP contribution in [-0.2, 0) is 13.1 Å². The molecule has 0 spiro atoms. The minimum absolute atomic E-state index is 0.237. The average molecular weight is 275 g/mol. The van der Waals surface area contributed by atoms with E-state index in [9.17, 15) is 14.5 Å². The van der Waals surface area contributed by atoms with Crippen LogP contribution >= 0.6 is 0 Å². The van der Waals surface area contributed by atoms with Gasteiger partial charge in [0.05, 0.1) is 11.0 Å². The molecule has 0 atom stereocenters. The second-order valence-electron chi connectivity index (χ2n) is 4.49. The van der Waals surface area contributed by atoms with Gasteiger partial charge < -0.3 is 5.32 Å². The molecule has 0 amide bonds. The summed E-state index contributed by atoms with van der Waals surface area (Å²) in [4.78, 5) is 14.2. The van der Waals surface area contributed by atoms with Crippen molar-refractivity contribution in [1.82, 2.24) is 10.3 Å². The minimum atomic E-state index is -0.604. The molecule has 0 unspecified atom stereocenters. The fourth-order valence-corrected chi connectivity index (χ4v) is 1.79. The number of rotatable bonds is 5. The molecule has 0 aliphatic rings. The molecule has 1 aromatic heterocycles. The Bertz CT molecular complexity index is 614. The molecule has 1 N–H and O–H groups in total. The van der Waals surface area contributed by atoms with Crippen LogP contribution in [-0.4, -0.2) is 9.91 Å². The molecule has 104 valence electrons. The molecule has 0 fully saturated rings. The molecule has 1 aromatic carbocycles. The average Bonchev–Trinajstić information content (AvgIpc) is 2.40. The Balaban J connectivity index is 1.97.